The molecule has 0 fully saturated rings. The second-order valence-corrected chi connectivity index (χ2v) is 10.7. The lowest BCUT2D eigenvalue weighted by Gasteiger charge is -2.26. The molecule has 32 heavy (non-hydrogen) atoms. The predicted octanol–water partition coefficient (Wildman–Crippen LogP) is 4.97. The Hall–Kier alpha value is -2.45. The van der Waals surface area contributed by atoms with E-state index in [4.69, 9.17) is 0 Å². The monoisotopic (exact) mass is 466 g/mol. The largest absolute Gasteiger partial charge is 0.346 e. The number of nitrogens with zero attached hydrogens (tertiary/aromatic N) is 3. The lowest BCUT2D eigenvalue weighted by Crippen LogP contribution is -2.36. The van der Waals surface area contributed by atoms with E-state index in [1.54, 1.807) is 17.7 Å². The van der Waals surface area contributed by atoms with Crippen molar-refractivity contribution in [2.24, 2.45) is 5.92 Å². The molecule has 0 saturated carbocycles. The van der Waals surface area contributed by atoms with E-state index >= 15 is 0 Å². The van der Waals surface area contributed by atoms with Gasteiger partial charge in [-0.2, -0.15) is 0 Å². The summed E-state index contributed by atoms with van der Waals surface area (Å²) in [5.74, 6) is 1.11. The third kappa shape index (κ3) is 4.01. The molecule has 1 aromatic carbocycles. The van der Waals surface area contributed by atoms with Crippen LogP contribution in [0.2, 0.25) is 0 Å². The van der Waals surface area contributed by atoms with Gasteiger partial charge in [-0.25, -0.2) is 9.97 Å². The first kappa shape index (κ1) is 21.4. The molecule has 8 heteroatoms. The molecule has 1 aliphatic carbocycles. The van der Waals surface area contributed by atoms with E-state index < -0.39 is 0 Å². The molecule has 3 heterocycles. The van der Waals surface area contributed by atoms with E-state index in [2.05, 4.69) is 22.2 Å². The normalized spacial score (nSPS) is 17.3. The van der Waals surface area contributed by atoms with E-state index in [9.17, 15) is 9.59 Å². The molecule has 6 nitrogen and oxygen atoms in total. The number of carbonyl (C=O) groups excluding carboxylic acids is 2. The van der Waals surface area contributed by atoms with Gasteiger partial charge < -0.3 is 10.2 Å². The third-order valence-corrected chi connectivity index (χ3v) is 8.44. The average Bonchev–Trinajstić information content (AvgIpc) is 3.35. The number of hydrogen-bond donors (Lipinski definition) is 1. The van der Waals surface area contributed by atoms with Crippen molar-refractivity contribution < 1.29 is 9.59 Å². The molecular formula is C24H26N4O2S2. The van der Waals surface area contributed by atoms with Crippen molar-refractivity contribution in [1.82, 2.24) is 14.9 Å². The number of thiophene rings is 1. The number of benzene rings is 1. The van der Waals surface area contributed by atoms with Crippen molar-refractivity contribution in [2.75, 3.05) is 18.9 Å². The highest BCUT2D eigenvalue weighted by Crippen LogP contribution is 2.41. The molecule has 166 valence electrons. The zero-order valence-corrected chi connectivity index (χ0v) is 19.9. The van der Waals surface area contributed by atoms with Crippen molar-refractivity contribution in [3.63, 3.8) is 0 Å². The van der Waals surface area contributed by atoms with Crippen molar-refractivity contribution in [2.45, 2.75) is 50.3 Å². The maximum atomic E-state index is 12.9. The Balaban J connectivity index is 1.40. The quantitative estimate of drug-likeness (QED) is 0.553. The molecule has 3 aromatic rings. The third-order valence-electron chi connectivity index (χ3n) is 6.31. The minimum atomic E-state index is 0.0491. The van der Waals surface area contributed by atoms with Crippen molar-refractivity contribution in [3.05, 3.63) is 40.5 Å². The maximum Gasteiger partial charge on any atom is 0.225 e. The highest BCUT2D eigenvalue weighted by atomic mass is 32.2. The number of unbranched alkanes of at least 4 members (excludes halogenated alkanes) is 1. The number of fused-ring (bicyclic) bond motifs is 4. The van der Waals surface area contributed by atoms with Crippen LogP contribution in [0.15, 0.2) is 29.4 Å². The fourth-order valence-corrected chi connectivity index (χ4v) is 6.75. The summed E-state index contributed by atoms with van der Waals surface area (Å²) in [7, 11) is 1.92. The number of anilines is 2. The van der Waals surface area contributed by atoms with E-state index in [-0.39, 0.29) is 16.9 Å². The summed E-state index contributed by atoms with van der Waals surface area (Å²) >= 11 is 2.99. The summed E-state index contributed by atoms with van der Waals surface area (Å²) in [5, 5.41) is 4.72. The number of nitrogens with one attached hydrogen (secondary N) is 1. The number of carbonyl (C=O) groups is 2. The molecule has 5 rings (SSSR count). The molecule has 1 amide bonds. The molecule has 2 aromatic heterocycles. The lowest BCUT2D eigenvalue weighted by molar-refractivity contribution is -0.134. The molecular weight excluding hydrogens is 440 g/mol. The standard InChI is InChI=1S/C24H26N4O2S2/c1-3-4-9-28(2)24(30)15-6-8-17-19(10-15)32-23-21(17)22(25-13-26-23)27-16-7-5-14-11-20(29)31-18(14)12-16/h5,7,12-13,15H,3-4,6,8-11H2,1-2H3,(H,25,26,27). The minimum absolute atomic E-state index is 0.0491. The van der Waals surface area contributed by atoms with E-state index in [0.29, 0.717) is 6.42 Å². The van der Waals surface area contributed by atoms with Gasteiger partial charge in [-0.15, -0.1) is 11.3 Å². The molecule has 1 atom stereocenters. The van der Waals surface area contributed by atoms with Gasteiger partial charge in [-0.3, -0.25) is 9.59 Å². The first-order valence-corrected chi connectivity index (χ1v) is 12.8. The number of rotatable bonds is 6. The maximum absolute atomic E-state index is 12.9. The van der Waals surface area contributed by atoms with E-state index in [0.717, 1.165) is 70.8 Å². The highest BCUT2D eigenvalue weighted by Gasteiger charge is 2.30. The van der Waals surface area contributed by atoms with Gasteiger partial charge in [0.1, 0.15) is 17.0 Å². The molecule has 0 bridgehead atoms. The second-order valence-electron chi connectivity index (χ2n) is 8.56. The Labute approximate surface area is 195 Å². The van der Waals surface area contributed by atoms with Crippen LogP contribution < -0.4 is 5.32 Å². The Morgan fingerprint density at radius 2 is 2.19 bits per heavy atom. The molecule has 1 N–H and O–H groups in total. The van der Waals surface area contributed by atoms with E-state index in [1.165, 1.54) is 22.2 Å². The van der Waals surface area contributed by atoms with Crippen molar-refractivity contribution in [3.8, 4) is 0 Å². The second kappa shape index (κ2) is 8.83. The van der Waals surface area contributed by atoms with Gasteiger partial charge in [0, 0.05) is 41.4 Å². The predicted molar refractivity (Wildman–Crippen MR) is 130 cm³/mol. The summed E-state index contributed by atoms with van der Waals surface area (Å²) in [4.78, 5) is 38.9. The van der Waals surface area contributed by atoms with Crippen LogP contribution >= 0.6 is 23.1 Å². The highest BCUT2D eigenvalue weighted by molar-refractivity contribution is 8.14. The van der Waals surface area contributed by atoms with Gasteiger partial charge in [0.15, 0.2) is 5.12 Å². The fraction of sp³-hybridized carbons (Fsp3) is 0.417. The summed E-state index contributed by atoms with van der Waals surface area (Å²) in [6, 6.07) is 6.05. The van der Waals surface area contributed by atoms with Crippen LogP contribution in [0.4, 0.5) is 11.5 Å². The van der Waals surface area contributed by atoms with Crippen LogP contribution in [0.5, 0.6) is 0 Å². The van der Waals surface area contributed by atoms with Gasteiger partial charge in [0.05, 0.1) is 5.39 Å². The molecule has 0 saturated heterocycles. The SMILES string of the molecule is CCCCN(C)C(=O)C1CCc2c(sc3ncnc(Nc4ccc5c(c4)SC(=O)C5)c23)C1. The first-order chi connectivity index (χ1) is 15.5. The van der Waals surface area contributed by atoms with Gasteiger partial charge in [-0.1, -0.05) is 31.2 Å². The van der Waals surface area contributed by atoms with Crippen LogP contribution in [0.25, 0.3) is 10.2 Å². The molecule has 2 aliphatic rings. The van der Waals surface area contributed by atoms with Crippen LogP contribution in [0.1, 0.15) is 42.2 Å². The lowest BCUT2D eigenvalue weighted by atomic mass is 9.87. The number of hydrogen-bond acceptors (Lipinski definition) is 7. The van der Waals surface area contributed by atoms with Gasteiger partial charge in [-0.05, 0) is 48.9 Å². The van der Waals surface area contributed by atoms with Crippen molar-refractivity contribution >= 4 is 55.8 Å². The summed E-state index contributed by atoms with van der Waals surface area (Å²) in [5.41, 5.74) is 3.29. The average molecular weight is 467 g/mol. The number of thioether (sulfide) groups is 1. The molecule has 1 aliphatic heterocycles. The van der Waals surface area contributed by atoms with Crippen LogP contribution in [-0.4, -0.2) is 39.5 Å². The van der Waals surface area contributed by atoms with Gasteiger partial charge in [0.25, 0.3) is 0 Å². The Morgan fingerprint density at radius 1 is 1.31 bits per heavy atom. The van der Waals surface area contributed by atoms with E-state index in [1.807, 2.05) is 30.1 Å². The number of amides is 1. The van der Waals surface area contributed by atoms with Crippen LogP contribution in [-0.2, 0) is 28.9 Å². The fourth-order valence-electron chi connectivity index (χ4n) is 4.56. The zero-order valence-electron chi connectivity index (χ0n) is 18.3. The topological polar surface area (TPSA) is 75.2 Å². The molecule has 0 radical (unpaired) electrons. The molecule has 1 unspecified atom stereocenters. The van der Waals surface area contributed by atoms with Crippen molar-refractivity contribution in [1.29, 1.82) is 0 Å². The number of aryl methyl sites for hydroxylation is 1. The zero-order chi connectivity index (χ0) is 22.2. The smallest absolute Gasteiger partial charge is 0.225 e. The summed E-state index contributed by atoms with van der Waals surface area (Å²) < 4.78 is 0. The Kier molecular flexibility index (Phi) is 5.90. The summed E-state index contributed by atoms with van der Waals surface area (Å²) in [6.07, 6.45) is 6.75. The Bertz CT molecular complexity index is 1210. The van der Waals surface area contributed by atoms with Gasteiger partial charge >= 0.3 is 0 Å². The van der Waals surface area contributed by atoms with Gasteiger partial charge in [0.2, 0.25) is 5.91 Å². The van der Waals surface area contributed by atoms with Crippen LogP contribution in [0.3, 0.4) is 0 Å². The minimum Gasteiger partial charge on any atom is -0.346 e. The van der Waals surface area contributed by atoms with Crippen LogP contribution in [0, 0.1) is 5.92 Å². The molecule has 0 spiro atoms. The summed E-state index contributed by atoms with van der Waals surface area (Å²) in [6.45, 7) is 2.98. The number of aromatic nitrogens is 2. The Morgan fingerprint density at radius 3 is 3.03 bits per heavy atom. The first-order valence-electron chi connectivity index (χ1n) is 11.1.